The highest BCUT2D eigenvalue weighted by Crippen LogP contribution is 2.44. The van der Waals surface area contributed by atoms with Crippen molar-refractivity contribution >= 4 is 18.0 Å². The average Bonchev–Trinajstić information content (AvgIpc) is 3.10. The number of benzene rings is 2. The van der Waals surface area contributed by atoms with Gasteiger partial charge in [-0.3, -0.25) is 9.59 Å². The van der Waals surface area contributed by atoms with Gasteiger partial charge in [0.25, 0.3) is 0 Å². The molecule has 2 N–H and O–H groups in total. The number of hydrogen-bond acceptors (Lipinski definition) is 4. The Balaban J connectivity index is 1.42. The molecule has 1 heterocycles. The third-order valence-corrected chi connectivity index (χ3v) is 6.86. The van der Waals surface area contributed by atoms with Crippen molar-refractivity contribution in [2.75, 3.05) is 13.2 Å². The average molecular weight is 451 g/mol. The molecule has 0 radical (unpaired) electrons. The second-order valence-electron chi connectivity index (χ2n) is 9.40. The molecule has 0 saturated carbocycles. The van der Waals surface area contributed by atoms with Gasteiger partial charge in [-0.05, 0) is 55.9 Å². The van der Waals surface area contributed by atoms with E-state index in [4.69, 9.17) is 4.74 Å². The van der Waals surface area contributed by atoms with Crippen molar-refractivity contribution < 1.29 is 24.2 Å². The van der Waals surface area contributed by atoms with Gasteiger partial charge in [-0.2, -0.15) is 0 Å². The lowest BCUT2D eigenvalue weighted by Gasteiger charge is -2.41. The Labute approximate surface area is 193 Å². The number of fused-ring (bicyclic) bond motifs is 3. The second-order valence-corrected chi connectivity index (χ2v) is 9.40. The van der Waals surface area contributed by atoms with Crippen LogP contribution in [0, 0.1) is 5.92 Å². The molecule has 2 amide bonds. The summed E-state index contributed by atoms with van der Waals surface area (Å²) in [5.41, 5.74) is 3.29. The van der Waals surface area contributed by atoms with Crippen LogP contribution in [0.4, 0.5) is 4.79 Å². The van der Waals surface area contributed by atoms with E-state index in [-0.39, 0.29) is 18.4 Å². The first kappa shape index (κ1) is 22.8. The van der Waals surface area contributed by atoms with Crippen molar-refractivity contribution in [2.45, 2.75) is 51.1 Å². The SMILES string of the molecule is CC1C(C(=O)O)CCCN1C(=O)C(C)(C)NC(=O)OCC1c2ccccc2-c2ccccc21. The van der Waals surface area contributed by atoms with E-state index in [0.29, 0.717) is 19.4 Å². The lowest BCUT2D eigenvalue weighted by molar-refractivity contribution is -0.151. The zero-order valence-corrected chi connectivity index (χ0v) is 19.2. The number of carboxylic acid groups (broad SMARTS) is 1. The maximum Gasteiger partial charge on any atom is 0.408 e. The molecule has 174 valence electrons. The van der Waals surface area contributed by atoms with Gasteiger partial charge in [0, 0.05) is 18.5 Å². The minimum absolute atomic E-state index is 0.0691. The number of piperidine rings is 1. The van der Waals surface area contributed by atoms with Crippen LogP contribution in [-0.4, -0.2) is 52.7 Å². The maximum atomic E-state index is 13.2. The van der Waals surface area contributed by atoms with Gasteiger partial charge in [0.1, 0.15) is 12.1 Å². The van der Waals surface area contributed by atoms with Gasteiger partial charge in [-0.25, -0.2) is 4.79 Å². The normalized spacial score (nSPS) is 20.0. The summed E-state index contributed by atoms with van der Waals surface area (Å²) in [4.78, 5) is 38.9. The Morgan fingerprint density at radius 2 is 1.64 bits per heavy atom. The Kier molecular flexibility index (Phi) is 6.15. The van der Waals surface area contributed by atoms with E-state index in [1.165, 1.54) is 0 Å². The van der Waals surface area contributed by atoms with E-state index in [2.05, 4.69) is 17.4 Å². The standard InChI is InChI=1S/C26H30N2O5/c1-16-17(23(29)30)13-8-14-28(16)24(31)26(2,3)27-25(32)33-15-22-20-11-6-4-9-18(20)19-10-5-7-12-21(19)22/h4-7,9-12,16-17,22H,8,13-15H2,1-3H3,(H,27,32)(H,29,30). The molecule has 0 bridgehead atoms. The van der Waals surface area contributed by atoms with Gasteiger partial charge < -0.3 is 20.1 Å². The molecule has 2 unspecified atom stereocenters. The number of carboxylic acids is 1. The van der Waals surface area contributed by atoms with Crippen LogP contribution in [0.2, 0.25) is 0 Å². The summed E-state index contributed by atoms with van der Waals surface area (Å²) in [6.45, 7) is 5.62. The largest absolute Gasteiger partial charge is 0.481 e. The lowest BCUT2D eigenvalue weighted by Crippen LogP contribution is -2.60. The van der Waals surface area contributed by atoms with Crippen LogP contribution in [0.15, 0.2) is 48.5 Å². The van der Waals surface area contributed by atoms with E-state index in [9.17, 15) is 19.5 Å². The molecule has 4 rings (SSSR count). The summed E-state index contributed by atoms with van der Waals surface area (Å²) in [5.74, 6) is -1.88. The lowest BCUT2D eigenvalue weighted by atomic mass is 9.88. The number of nitrogens with one attached hydrogen (secondary N) is 1. The number of likely N-dealkylation sites (tertiary alicyclic amines) is 1. The van der Waals surface area contributed by atoms with Crippen LogP contribution in [0.5, 0.6) is 0 Å². The minimum atomic E-state index is -1.22. The van der Waals surface area contributed by atoms with Crippen molar-refractivity contribution in [1.82, 2.24) is 10.2 Å². The molecule has 7 nitrogen and oxygen atoms in total. The molecule has 2 aromatic carbocycles. The predicted octanol–water partition coefficient (Wildman–Crippen LogP) is 4.02. The summed E-state index contributed by atoms with van der Waals surface area (Å²) in [6.07, 6.45) is 0.490. The van der Waals surface area contributed by atoms with Gasteiger partial charge in [0.15, 0.2) is 0 Å². The molecule has 1 aliphatic heterocycles. The van der Waals surface area contributed by atoms with E-state index >= 15 is 0 Å². The van der Waals surface area contributed by atoms with E-state index in [1.54, 1.807) is 25.7 Å². The highest BCUT2D eigenvalue weighted by Gasteiger charge is 2.41. The monoisotopic (exact) mass is 450 g/mol. The number of carbonyl (C=O) groups is 3. The third-order valence-electron chi connectivity index (χ3n) is 6.86. The topological polar surface area (TPSA) is 95.9 Å². The maximum absolute atomic E-state index is 13.2. The molecule has 1 fully saturated rings. The Morgan fingerprint density at radius 3 is 2.21 bits per heavy atom. The number of rotatable bonds is 5. The van der Waals surface area contributed by atoms with E-state index < -0.39 is 29.6 Å². The van der Waals surface area contributed by atoms with Crippen LogP contribution in [0.3, 0.4) is 0 Å². The summed E-state index contributed by atoms with van der Waals surface area (Å²) in [7, 11) is 0. The van der Waals surface area contributed by atoms with Gasteiger partial charge in [0.2, 0.25) is 5.91 Å². The number of amides is 2. The van der Waals surface area contributed by atoms with Crippen LogP contribution in [0.25, 0.3) is 11.1 Å². The number of alkyl carbamates (subject to hydrolysis) is 1. The number of carbonyl (C=O) groups excluding carboxylic acids is 2. The molecule has 0 spiro atoms. The molecule has 2 atom stereocenters. The number of nitrogens with zero attached hydrogens (tertiary/aromatic N) is 1. The van der Waals surface area contributed by atoms with Crippen LogP contribution in [0.1, 0.15) is 50.7 Å². The molecule has 2 aromatic rings. The van der Waals surface area contributed by atoms with Gasteiger partial charge in [0.05, 0.1) is 5.92 Å². The van der Waals surface area contributed by atoms with E-state index in [1.807, 2.05) is 36.4 Å². The molecular formula is C26H30N2O5. The fraction of sp³-hybridized carbons (Fsp3) is 0.423. The zero-order chi connectivity index (χ0) is 23.8. The fourth-order valence-electron chi connectivity index (χ4n) is 5.06. The van der Waals surface area contributed by atoms with Crippen molar-refractivity contribution in [3.05, 3.63) is 59.7 Å². The Hall–Kier alpha value is -3.35. The zero-order valence-electron chi connectivity index (χ0n) is 19.2. The fourth-order valence-corrected chi connectivity index (χ4v) is 5.06. The summed E-state index contributed by atoms with van der Waals surface area (Å²) in [6, 6.07) is 15.7. The van der Waals surface area contributed by atoms with Crippen LogP contribution >= 0.6 is 0 Å². The first-order chi connectivity index (χ1) is 15.7. The minimum Gasteiger partial charge on any atom is -0.481 e. The number of hydrogen-bond donors (Lipinski definition) is 2. The molecule has 1 aliphatic carbocycles. The van der Waals surface area contributed by atoms with E-state index in [0.717, 1.165) is 22.3 Å². The third kappa shape index (κ3) is 4.32. The van der Waals surface area contributed by atoms with Gasteiger partial charge in [-0.15, -0.1) is 0 Å². The molecule has 1 saturated heterocycles. The molecule has 2 aliphatic rings. The van der Waals surface area contributed by atoms with Crippen LogP contribution in [-0.2, 0) is 14.3 Å². The Bertz CT molecular complexity index is 1030. The quantitative estimate of drug-likeness (QED) is 0.717. The van der Waals surface area contributed by atoms with Gasteiger partial charge in [-0.1, -0.05) is 48.5 Å². The molecule has 33 heavy (non-hydrogen) atoms. The van der Waals surface area contributed by atoms with Crippen molar-refractivity contribution in [2.24, 2.45) is 5.92 Å². The summed E-state index contributed by atoms with van der Waals surface area (Å²) < 4.78 is 5.58. The molecule has 7 heteroatoms. The number of ether oxygens (including phenoxy) is 1. The van der Waals surface area contributed by atoms with Gasteiger partial charge >= 0.3 is 12.1 Å². The second kappa shape index (κ2) is 8.89. The number of aliphatic carboxylic acids is 1. The summed E-state index contributed by atoms with van der Waals surface area (Å²) >= 11 is 0. The highest BCUT2D eigenvalue weighted by atomic mass is 16.5. The highest BCUT2D eigenvalue weighted by molar-refractivity contribution is 5.90. The van der Waals surface area contributed by atoms with Crippen molar-refractivity contribution in [3.63, 3.8) is 0 Å². The smallest absolute Gasteiger partial charge is 0.408 e. The molecular weight excluding hydrogens is 420 g/mol. The summed E-state index contributed by atoms with van der Waals surface area (Å²) in [5, 5.41) is 12.1. The predicted molar refractivity (Wildman–Crippen MR) is 124 cm³/mol. The van der Waals surface area contributed by atoms with Crippen molar-refractivity contribution in [3.8, 4) is 11.1 Å². The molecule has 0 aromatic heterocycles. The first-order valence-electron chi connectivity index (χ1n) is 11.4. The van der Waals surface area contributed by atoms with Crippen molar-refractivity contribution in [1.29, 1.82) is 0 Å². The Morgan fingerprint density at radius 1 is 1.06 bits per heavy atom. The first-order valence-corrected chi connectivity index (χ1v) is 11.4. The van der Waals surface area contributed by atoms with Crippen LogP contribution < -0.4 is 5.32 Å².